The number of rotatable bonds is 15. The number of carbonyl (C=O) groups is 2. The van der Waals surface area contributed by atoms with E-state index in [-0.39, 0.29) is 18.6 Å². The van der Waals surface area contributed by atoms with Crippen molar-refractivity contribution in [2.75, 3.05) is 46.5 Å². The molecule has 3 fully saturated rings. The van der Waals surface area contributed by atoms with Crippen LogP contribution in [-0.4, -0.2) is 85.3 Å². The van der Waals surface area contributed by atoms with Gasteiger partial charge in [-0.15, -0.1) is 0 Å². The maximum Gasteiger partial charge on any atom is 0.254 e. The maximum atomic E-state index is 13.7. The van der Waals surface area contributed by atoms with E-state index in [1.807, 2.05) is 4.90 Å². The number of amides is 2. The molecular weight excluding hydrogens is 470 g/mol. The minimum atomic E-state index is -0.0325. The van der Waals surface area contributed by atoms with Crippen molar-refractivity contribution in [3.8, 4) is 11.5 Å². The van der Waals surface area contributed by atoms with Crippen LogP contribution in [0.4, 0.5) is 0 Å². The summed E-state index contributed by atoms with van der Waals surface area (Å²) in [5, 5.41) is 12.6. The summed E-state index contributed by atoms with van der Waals surface area (Å²) >= 11 is 0. The molecule has 0 aromatic heterocycles. The summed E-state index contributed by atoms with van der Waals surface area (Å²) in [5.41, 5.74) is 0.561. The molecule has 0 unspecified atom stereocenters. The van der Waals surface area contributed by atoms with Crippen LogP contribution in [-0.2, 0) is 4.79 Å². The van der Waals surface area contributed by atoms with Gasteiger partial charge in [0.25, 0.3) is 5.91 Å². The van der Waals surface area contributed by atoms with E-state index >= 15 is 0 Å². The van der Waals surface area contributed by atoms with Gasteiger partial charge in [-0.05, 0) is 69.1 Å². The number of methoxy groups -OCH3 is 1. The molecule has 37 heavy (non-hydrogen) atoms. The molecule has 8 heteroatoms. The molecular formula is C29H45N3O5. The van der Waals surface area contributed by atoms with Crippen LogP contribution < -0.4 is 14.8 Å². The summed E-state index contributed by atoms with van der Waals surface area (Å²) in [5.74, 6) is 2.77. The number of hydrogen-bond donors (Lipinski definition) is 2. The molecule has 2 saturated carbocycles. The van der Waals surface area contributed by atoms with Crippen molar-refractivity contribution >= 4 is 11.8 Å². The number of aliphatic hydroxyl groups excluding tert-OH is 1. The Morgan fingerprint density at radius 2 is 1.81 bits per heavy atom. The number of carbonyl (C=O) groups excluding carboxylic acids is 2. The van der Waals surface area contributed by atoms with E-state index in [9.17, 15) is 9.59 Å². The van der Waals surface area contributed by atoms with E-state index in [1.165, 1.54) is 12.8 Å². The number of aliphatic hydroxyl groups is 1. The zero-order valence-corrected chi connectivity index (χ0v) is 22.8. The summed E-state index contributed by atoms with van der Waals surface area (Å²) in [6.07, 6.45) is 7.05. The highest BCUT2D eigenvalue weighted by molar-refractivity contribution is 5.95. The van der Waals surface area contributed by atoms with Crippen molar-refractivity contribution in [2.45, 2.75) is 70.9 Å². The normalized spacial score (nSPS) is 21.2. The summed E-state index contributed by atoms with van der Waals surface area (Å²) in [6.45, 7) is 7.68. The minimum Gasteiger partial charge on any atom is -0.493 e. The first-order valence-electron chi connectivity index (χ1n) is 14.1. The lowest BCUT2D eigenvalue weighted by Crippen LogP contribution is -2.45. The maximum absolute atomic E-state index is 13.7. The van der Waals surface area contributed by atoms with Gasteiger partial charge in [0.05, 0.1) is 13.7 Å². The monoisotopic (exact) mass is 515 g/mol. The molecule has 8 nitrogen and oxygen atoms in total. The molecule has 1 aromatic carbocycles. The Morgan fingerprint density at radius 1 is 1.08 bits per heavy atom. The van der Waals surface area contributed by atoms with E-state index in [4.69, 9.17) is 14.6 Å². The first kappa shape index (κ1) is 27.7. The van der Waals surface area contributed by atoms with Crippen molar-refractivity contribution in [3.05, 3.63) is 23.8 Å². The van der Waals surface area contributed by atoms with Gasteiger partial charge in [0.15, 0.2) is 11.5 Å². The molecule has 1 aliphatic heterocycles. The van der Waals surface area contributed by atoms with Crippen molar-refractivity contribution in [1.29, 1.82) is 0 Å². The average molecular weight is 516 g/mol. The molecule has 0 bridgehead atoms. The van der Waals surface area contributed by atoms with Gasteiger partial charge in [-0.3, -0.25) is 9.59 Å². The van der Waals surface area contributed by atoms with Crippen LogP contribution in [0.3, 0.4) is 0 Å². The Hall–Kier alpha value is -2.32. The Kier molecular flexibility index (Phi) is 9.71. The molecule has 0 radical (unpaired) electrons. The summed E-state index contributed by atoms with van der Waals surface area (Å²) < 4.78 is 11.2. The predicted molar refractivity (Wildman–Crippen MR) is 143 cm³/mol. The molecule has 1 heterocycles. The summed E-state index contributed by atoms with van der Waals surface area (Å²) in [7, 11) is 1.57. The van der Waals surface area contributed by atoms with Crippen LogP contribution in [0.25, 0.3) is 0 Å². The third kappa shape index (κ3) is 7.60. The van der Waals surface area contributed by atoms with E-state index in [1.54, 1.807) is 25.3 Å². The van der Waals surface area contributed by atoms with Gasteiger partial charge >= 0.3 is 0 Å². The second kappa shape index (κ2) is 13.0. The second-order valence-electron chi connectivity index (χ2n) is 11.3. The van der Waals surface area contributed by atoms with Gasteiger partial charge in [-0.1, -0.05) is 12.8 Å². The quantitative estimate of drug-likeness (QED) is 0.348. The Labute approximate surface area is 221 Å². The summed E-state index contributed by atoms with van der Waals surface area (Å²) in [6, 6.07) is 5.74. The first-order valence-corrected chi connectivity index (χ1v) is 14.1. The second-order valence-corrected chi connectivity index (χ2v) is 11.3. The van der Waals surface area contributed by atoms with Crippen molar-refractivity contribution in [1.82, 2.24) is 15.1 Å². The molecule has 0 spiro atoms. The highest BCUT2D eigenvalue weighted by Crippen LogP contribution is 2.36. The minimum absolute atomic E-state index is 0.0325. The smallest absolute Gasteiger partial charge is 0.254 e. The van der Waals surface area contributed by atoms with Gasteiger partial charge in [-0.25, -0.2) is 0 Å². The van der Waals surface area contributed by atoms with Gasteiger partial charge in [-0.2, -0.15) is 0 Å². The van der Waals surface area contributed by atoms with Crippen molar-refractivity contribution < 1.29 is 24.2 Å². The van der Waals surface area contributed by atoms with Crippen LogP contribution in [0.1, 0.15) is 69.2 Å². The van der Waals surface area contributed by atoms with E-state index in [0.717, 1.165) is 44.8 Å². The fraction of sp³-hybridized carbons (Fsp3) is 0.724. The SMILES string of the molecule is COc1ccc(C(=O)N(C[C@@H]2CNC[C@H]2CN(C(=O)CCC2CC2)C2CC2)C(C)C)cc1OCCCO. The summed E-state index contributed by atoms with van der Waals surface area (Å²) in [4.78, 5) is 30.8. The van der Waals surface area contributed by atoms with Gasteiger partial charge in [0.1, 0.15) is 0 Å². The number of ether oxygens (including phenoxy) is 2. The van der Waals surface area contributed by atoms with Crippen LogP contribution in [0.15, 0.2) is 18.2 Å². The fourth-order valence-electron chi connectivity index (χ4n) is 5.30. The van der Waals surface area contributed by atoms with Gasteiger partial charge in [0, 0.05) is 63.3 Å². The number of hydrogen-bond acceptors (Lipinski definition) is 6. The molecule has 2 atom stereocenters. The van der Waals surface area contributed by atoms with Crippen molar-refractivity contribution in [2.24, 2.45) is 17.8 Å². The Morgan fingerprint density at radius 3 is 2.43 bits per heavy atom. The number of nitrogens with zero attached hydrogens (tertiary/aromatic N) is 2. The first-order chi connectivity index (χ1) is 17.9. The molecule has 2 amide bonds. The van der Waals surface area contributed by atoms with Crippen LogP contribution in [0.2, 0.25) is 0 Å². The molecule has 4 rings (SSSR count). The molecule has 3 aliphatic rings. The van der Waals surface area contributed by atoms with Crippen molar-refractivity contribution in [3.63, 3.8) is 0 Å². The van der Waals surface area contributed by atoms with E-state index in [2.05, 4.69) is 24.1 Å². The third-order valence-electron chi connectivity index (χ3n) is 7.97. The number of nitrogens with one attached hydrogen (secondary N) is 1. The van der Waals surface area contributed by atoms with E-state index in [0.29, 0.717) is 66.8 Å². The topological polar surface area (TPSA) is 91.3 Å². The van der Waals surface area contributed by atoms with Crippen LogP contribution >= 0.6 is 0 Å². The fourth-order valence-corrected chi connectivity index (χ4v) is 5.30. The Bertz CT molecular complexity index is 915. The van der Waals surface area contributed by atoms with Crippen LogP contribution in [0.5, 0.6) is 11.5 Å². The Balaban J connectivity index is 1.41. The zero-order chi connectivity index (χ0) is 26.4. The largest absolute Gasteiger partial charge is 0.493 e. The highest BCUT2D eigenvalue weighted by Gasteiger charge is 2.38. The third-order valence-corrected chi connectivity index (χ3v) is 7.97. The lowest BCUT2D eigenvalue weighted by molar-refractivity contribution is -0.132. The average Bonchev–Trinajstić information content (AvgIpc) is 3.83. The van der Waals surface area contributed by atoms with Crippen LogP contribution in [0, 0.1) is 17.8 Å². The highest BCUT2D eigenvalue weighted by atomic mass is 16.5. The molecule has 206 valence electrons. The van der Waals surface area contributed by atoms with E-state index < -0.39 is 0 Å². The predicted octanol–water partition coefficient (Wildman–Crippen LogP) is 3.32. The lowest BCUT2D eigenvalue weighted by Gasteiger charge is -2.34. The molecule has 2 N–H and O–H groups in total. The standard InChI is InChI=1S/C29H45N3O5/c1-20(2)31(29(35)22-8-11-26(36-3)27(15-22)37-14-4-13-33)18-23-16-30-17-24(23)19-32(25-9-10-25)28(34)12-7-21-5-6-21/h8,11,15,20-21,23-25,30,33H,4-7,9-10,12-14,16-19H2,1-3H3/t23-,24-/m0/s1. The zero-order valence-electron chi connectivity index (χ0n) is 22.8. The van der Waals surface area contributed by atoms with Gasteiger partial charge < -0.3 is 29.7 Å². The number of benzene rings is 1. The molecule has 1 aromatic rings. The molecule has 1 saturated heterocycles. The lowest BCUT2D eigenvalue weighted by atomic mass is 9.93. The van der Waals surface area contributed by atoms with Gasteiger partial charge in [0.2, 0.25) is 5.91 Å². The molecule has 2 aliphatic carbocycles.